The average Bonchev–Trinajstić information content (AvgIpc) is 2.29. The fraction of sp³-hybridized carbons (Fsp3) is 0.900. The van der Waals surface area contributed by atoms with E-state index in [4.69, 9.17) is 20.3 Å². The van der Waals surface area contributed by atoms with Crippen LogP contribution in [0, 0.1) is 0 Å². The summed E-state index contributed by atoms with van der Waals surface area (Å²) in [5, 5.41) is 11.7. The molecule has 0 saturated carbocycles. The summed E-state index contributed by atoms with van der Waals surface area (Å²) in [6.07, 6.45) is 0.513. The molecule has 0 aliphatic rings. The van der Waals surface area contributed by atoms with Crippen molar-refractivity contribution in [2.75, 3.05) is 26.9 Å². The van der Waals surface area contributed by atoms with E-state index in [2.05, 4.69) is 5.32 Å². The zero-order chi connectivity index (χ0) is 12.4. The van der Waals surface area contributed by atoms with Crippen LogP contribution in [0.5, 0.6) is 0 Å². The van der Waals surface area contributed by atoms with Crippen LogP contribution < -0.4 is 11.1 Å². The van der Waals surface area contributed by atoms with Gasteiger partial charge in [-0.15, -0.1) is 0 Å². The maximum atomic E-state index is 10.9. The smallest absolute Gasteiger partial charge is 0.305 e. The molecule has 0 heterocycles. The van der Waals surface area contributed by atoms with E-state index in [0.29, 0.717) is 19.4 Å². The monoisotopic (exact) mass is 234 g/mol. The molecule has 6 nitrogen and oxygen atoms in total. The van der Waals surface area contributed by atoms with Crippen LogP contribution in [0.15, 0.2) is 0 Å². The van der Waals surface area contributed by atoms with Gasteiger partial charge in [-0.3, -0.25) is 10.1 Å². The zero-order valence-corrected chi connectivity index (χ0v) is 9.94. The van der Waals surface area contributed by atoms with Crippen molar-refractivity contribution in [1.29, 1.82) is 0 Å². The van der Waals surface area contributed by atoms with Gasteiger partial charge in [-0.2, -0.15) is 0 Å². The van der Waals surface area contributed by atoms with Gasteiger partial charge in [0, 0.05) is 32.7 Å². The van der Waals surface area contributed by atoms with Crippen molar-refractivity contribution in [2.24, 2.45) is 5.73 Å². The quantitative estimate of drug-likeness (QED) is 0.357. The summed E-state index contributed by atoms with van der Waals surface area (Å²) < 4.78 is 9.99. The fourth-order valence-corrected chi connectivity index (χ4v) is 1.03. The molecule has 0 aromatic heterocycles. The average molecular weight is 234 g/mol. The van der Waals surface area contributed by atoms with Gasteiger partial charge < -0.3 is 20.3 Å². The molecule has 0 aromatic carbocycles. The predicted octanol–water partition coefficient (Wildman–Crippen LogP) is -0.789. The highest BCUT2D eigenvalue weighted by Crippen LogP contribution is 1.92. The van der Waals surface area contributed by atoms with Crippen LogP contribution in [0.3, 0.4) is 0 Å². The van der Waals surface area contributed by atoms with Crippen LogP contribution in [0.1, 0.15) is 19.8 Å². The number of aliphatic hydroxyl groups excluding tert-OH is 1. The first-order valence-corrected chi connectivity index (χ1v) is 5.42. The lowest BCUT2D eigenvalue weighted by Crippen LogP contribution is -2.43. The Balaban J connectivity index is 3.70. The number of ether oxygens (including phenoxy) is 2. The SMILES string of the molecule is CCC(=O)OCC(NCC(N)CCO)OC. The van der Waals surface area contributed by atoms with Crippen molar-refractivity contribution in [1.82, 2.24) is 5.32 Å². The second-order valence-electron chi connectivity index (χ2n) is 3.44. The number of rotatable bonds is 9. The summed E-state index contributed by atoms with van der Waals surface area (Å²) >= 11 is 0. The fourth-order valence-electron chi connectivity index (χ4n) is 1.03. The lowest BCUT2D eigenvalue weighted by Gasteiger charge is -2.19. The number of aliphatic hydroxyl groups is 1. The molecule has 2 unspecified atom stereocenters. The molecule has 0 bridgehead atoms. The summed E-state index contributed by atoms with van der Waals surface area (Å²) in [6, 6.07) is -0.135. The first kappa shape index (κ1) is 15.3. The van der Waals surface area contributed by atoms with Crippen LogP contribution in [-0.4, -0.2) is 50.2 Å². The van der Waals surface area contributed by atoms with E-state index in [1.54, 1.807) is 6.92 Å². The van der Waals surface area contributed by atoms with Gasteiger partial charge in [0.15, 0.2) is 0 Å². The van der Waals surface area contributed by atoms with E-state index < -0.39 is 0 Å². The van der Waals surface area contributed by atoms with Gasteiger partial charge in [-0.05, 0) is 6.42 Å². The van der Waals surface area contributed by atoms with Crippen molar-refractivity contribution in [3.05, 3.63) is 0 Å². The van der Waals surface area contributed by atoms with Crippen LogP contribution >= 0.6 is 0 Å². The summed E-state index contributed by atoms with van der Waals surface area (Å²) in [7, 11) is 1.52. The molecular weight excluding hydrogens is 212 g/mol. The van der Waals surface area contributed by atoms with Crippen molar-refractivity contribution in [3.63, 3.8) is 0 Å². The van der Waals surface area contributed by atoms with E-state index in [9.17, 15) is 4.79 Å². The molecular formula is C10H22N2O4. The third kappa shape index (κ3) is 7.58. The summed E-state index contributed by atoms with van der Waals surface area (Å²) in [6.45, 7) is 2.46. The molecule has 0 amide bonds. The Labute approximate surface area is 96.1 Å². The number of nitrogens with one attached hydrogen (secondary N) is 1. The Morgan fingerprint density at radius 2 is 2.25 bits per heavy atom. The standard InChI is InChI=1S/C10H22N2O4/c1-3-10(14)16-7-9(15-2)12-6-8(11)4-5-13/h8-9,12-13H,3-7,11H2,1-2H3. The molecule has 0 rings (SSSR count). The van der Waals surface area contributed by atoms with Crippen LogP contribution in [0.2, 0.25) is 0 Å². The Bertz CT molecular complexity index is 190. The van der Waals surface area contributed by atoms with Crippen LogP contribution in [0.25, 0.3) is 0 Å². The molecule has 2 atom stereocenters. The van der Waals surface area contributed by atoms with Gasteiger partial charge in [0.05, 0.1) is 0 Å². The summed E-state index contributed by atoms with van der Waals surface area (Å²) in [4.78, 5) is 10.9. The Morgan fingerprint density at radius 3 is 2.75 bits per heavy atom. The zero-order valence-electron chi connectivity index (χ0n) is 9.94. The summed E-state index contributed by atoms with van der Waals surface area (Å²) in [5.74, 6) is -0.261. The van der Waals surface area contributed by atoms with Crippen molar-refractivity contribution < 1.29 is 19.4 Å². The molecule has 16 heavy (non-hydrogen) atoms. The van der Waals surface area contributed by atoms with Gasteiger partial charge in [-0.1, -0.05) is 6.92 Å². The molecule has 96 valence electrons. The molecule has 0 radical (unpaired) electrons. The first-order valence-electron chi connectivity index (χ1n) is 5.42. The molecule has 6 heteroatoms. The van der Waals surface area contributed by atoms with Crippen LogP contribution in [0.4, 0.5) is 0 Å². The topological polar surface area (TPSA) is 93.8 Å². The van der Waals surface area contributed by atoms with Gasteiger partial charge in [0.2, 0.25) is 0 Å². The second kappa shape index (κ2) is 9.53. The maximum absolute atomic E-state index is 10.9. The Morgan fingerprint density at radius 1 is 1.56 bits per heavy atom. The number of hydrogen-bond acceptors (Lipinski definition) is 6. The molecule has 0 saturated heterocycles. The van der Waals surface area contributed by atoms with Gasteiger partial charge in [-0.25, -0.2) is 0 Å². The van der Waals surface area contributed by atoms with Crippen molar-refractivity contribution in [2.45, 2.75) is 32.0 Å². The number of esters is 1. The molecule has 0 aliphatic heterocycles. The van der Waals surface area contributed by atoms with Crippen molar-refractivity contribution >= 4 is 5.97 Å². The minimum Gasteiger partial charge on any atom is -0.461 e. The third-order valence-electron chi connectivity index (χ3n) is 2.08. The highest BCUT2D eigenvalue weighted by Gasteiger charge is 2.11. The highest BCUT2D eigenvalue weighted by molar-refractivity contribution is 5.68. The Hall–Kier alpha value is -0.690. The maximum Gasteiger partial charge on any atom is 0.305 e. The Kier molecular flexibility index (Phi) is 9.12. The third-order valence-corrected chi connectivity index (χ3v) is 2.08. The predicted molar refractivity (Wildman–Crippen MR) is 59.7 cm³/mol. The van der Waals surface area contributed by atoms with E-state index in [-0.39, 0.29) is 31.5 Å². The van der Waals surface area contributed by atoms with E-state index in [1.165, 1.54) is 7.11 Å². The van der Waals surface area contributed by atoms with Gasteiger partial charge in [0.1, 0.15) is 12.8 Å². The number of methoxy groups -OCH3 is 1. The van der Waals surface area contributed by atoms with E-state index in [0.717, 1.165) is 0 Å². The first-order chi connectivity index (χ1) is 7.63. The largest absolute Gasteiger partial charge is 0.461 e. The number of carbonyl (C=O) groups is 1. The lowest BCUT2D eigenvalue weighted by molar-refractivity contribution is -0.147. The normalized spacial score (nSPS) is 14.5. The minimum absolute atomic E-state index is 0.0608. The minimum atomic E-state index is -0.361. The molecule has 0 spiro atoms. The number of hydrogen-bond donors (Lipinski definition) is 3. The molecule has 0 aromatic rings. The number of carbonyl (C=O) groups excluding carboxylic acids is 1. The van der Waals surface area contributed by atoms with E-state index in [1.807, 2.05) is 0 Å². The molecule has 0 aliphatic carbocycles. The van der Waals surface area contributed by atoms with Gasteiger partial charge in [0.25, 0.3) is 0 Å². The van der Waals surface area contributed by atoms with E-state index >= 15 is 0 Å². The highest BCUT2D eigenvalue weighted by atomic mass is 16.6. The van der Waals surface area contributed by atoms with Crippen LogP contribution in [-0.2, 0) is 14.3 Å². The summed E-state index contributed by atoms with van der Waals surface area (Å²) in [5.41, 5.74) is 5.68. The van der Waals surface area contributed by atoms with Gasteiger partial charge >= 0.3 is 5.97 Å². The molecule has 0 fully saturated rings. The molecule has 4 N–H and O–H groups in total. The second-order valence-corrected chi connectivity index (χ2v) is 3.44. The van der Waals surface area contributed by atoms with Crippen molar-refractivity contribution in [3.8, 4) is 0 Å². The lowest BCUT2D eigenvalue weighted by atomic mass is 10.2. The number of nitrogens with two attached hydrogens (primary N) is 1.